The standard InChI is InChI=1S/C16H20N2O2/c1-11(15-7-4-8-20-15)17-10-13-9-12-5-2-3-6-14(12)18-16(13)19/h2-3,5-6,9,11,15,17H,4,7-8,10H2,1H3,(H,18,19)/t11-,15-/m1/s1. The lowest BCUT2D eigenvalue weighted by atomic mass is 10.1. The van der Waals surface area contributed by atoms with Crippen molar-refractivity contribution >= 4 is 10.9 Å². The minimum atomic E-state index is -0.0178. The summed E-state index contributed by atoms with van der Waals surface area (Å²) in [7, 11) is 0. The molecule has 1 aromatic heterocycles. The van der Waals surface area contributed by atoms with Gasteiger partial charge in [0, 0.05) is 30.3 Å². The highest BCUT2D eigenvalue weighted by Crippen LogP contribution is 2.16. The summed E-state index contributed by atoms with van der Waals surface area (Å²) in [4.78, 5) is 15.0. The molecule has 1 aliphatic heterocycles. The van der Waals surface area contributed by atoms with Gasteiger partial charge in [0.1, 0.15) is 0 Å². The Balaban J connectivity index is 1.73. The van der Waals surface area contributed by atoms with Crippen LogP contribution < -0.4 is 10.9 Å². The van der Waals surface area contributed by atoms with E-state index < -0.39 is 0 Å². The van der Waals surface area contributed by atoms with Crippen molar-refractivity contribution in [3.8, 4) is 0 Å². The van der Waals surface area contributed by atoms with E-state index in [9.17, 15) is 4.79 Å². The molecule has 4 nitrogen and oxygen atoms in total. The predicted molar refractivity (Wildman–Crippen MR) is 79.8 cm³/mol. The number of nitrogens with one attached hydrogen (secondary N) is 2. The van der Waals surface area contributed by atoms with Crippen molar-refractivity contribution in [3.63, 3.8) is 0 Å². The van der Waals surface area contributed by atoms with Gasteiger partial charge >= 0.3 is 0 Å². The van der Waals surface area contributed by atoms with E-state index in [1.54, 1.807) is 0 Å². The second-order valence-electron chi connectivity index (χ2n) is 5.43. The van der Waals surface area contributed by atoms with Crippen LogP contribution in [0.2, 0.25) is 0 Å². The highest BCUT2D eigenvalue weighted by Gasteiger charge is 2.21. The smallest absolute Gasteiger partial charge is 0.252 e. The second-order valence-corrected chi connectivity index (χ2v) is 5.43. The molecule has 4 heteroatoms. The molecule has 3 rings (SSSR count). The summed E-state index contributed by atoms with van der Waals surface area (Å²) in [5.41, 5.74) is 1.64. The van der Waals surface area contributed by atoms with Gasteiger partial charge in [-0.05, 0) is 37.3 Å². The molecule has 2 heterocycles. The topological polar surface area (TPSA) is 54.1 Å². The van der Waals surface area contributed by atoms with Gasteiger partial charge in [0.25, 0.3) is 5.56 Å². The Hall–Kier alpha value is -1.65. The Morgan fingerprint density at radius 2 is 2.30 bits per heavy atom. The van der Waals surface area contributed by atoms with Crippen molar-refractivity contribution in [1.29, 1.82) is 0 Å². The molecule has 0 aliphatic carbocycles. The molecule has 2 N–H and O–H groups in total. The van der Waals surface area contributed by atoms with Crippen LogP contribution in [-0.4, -0.2) is 23.7 Å². The molecule has 0 unspecified atom stereocenters. The molecule has 0 radical (unpaired) electrons. The van der Waals surface area contributed by atoms with Crippen LogP contribution in [0, 0.1) is 0 Å². The minimum Gasteiger partial charge on any atom is -0.377 e. The van der Waals surface area contributed by atoms with Gasteiger partial charge in [-0.3, -0.25) is 4.79 Å². The Morgan fingerprint density at radius 1 is 1.45 bits per heavy atom. The van der Waals surface area contributed by atoms with E-state index in [1.807, 2.05) is 30.3 Å². The molecule has 0 saturated carbocycles. The fraction of sp³-hybridized carbons (Fsp3) is 0.438. The Labute approximate surface area is 118 Å². The summed E-state index contributed by atoms with van der Waals surface area (Å²) >= 11 is 0. The fourth-order valence-electron chi connectivity index (χ4n) is 2.72. The van der Waals surface area contributed by atoms with Crippen molar-refractivity contribution in [2.75, 3.05) is 6.61 Å². The Bertz CT molecular complexity index is 644. The van der Waals surface area contributed by atoms with Crippen LogP contribution in [0.1, 0.15) is 25.3 Å². The van der Waals surface area contributed by atoms with Gasteiger partial charge in [-0.25, -0.2) is 0 Å². The third-order valence-corrected chi connectivity index (χ3v) is 3.97. The maximum absolute atomic E-state index is 12.0. The minimum absolute atomic E-state index is 0.0178. The molecule has 0 bridgehead atoms. The van der Waals surface area contributed by atoms with E-state index in [0.717, 1.165) is 35.9 Å². The Kier molecular flexibility index (Phi) is 3.85. The number of aromatic nitrogens is 1. The van der Waals surface area contributed by atoms with E-state index in [-0.39, 0.29) is 17.7 Å². The molecule has 20 heavy (non-hydrogen) atoms. The summed E-state index contributed by atoms with van der Waals surface area (Å²) in [6, 6.07) is 10.1. The lowest BCUT2D eigenvalue weighted by molar-refractivity contribution is 0.0831. The molecule has 0 spiro atoms. The monoisotopic (exact) mass is 272 g/mol. The van der Waals surface area contributed by atoms with Crippen LogP contribution in [0.5, 0.6) is 0 Å². The first kappa shape index (κ1) is 13.3. The number of ether oxygens (including phenoxy) is 1. The van der Waals surface area contributed by atoms with Gasteiger partial charge in [-0.1, -0.05) is 18.2 Å². The summed E-state index contributed by atoms with van der Waals surface area (Å²) in [5.74, 6) is 0. The maximum Gasteiger partial charge on any atom is 0.252 e. The molecule has 1 aliphatic rings. The largest absolute Gasteiger partial charge is 0.377 e. The molecule has 1 aromatic carbocycles. The van der Waals surface area contributed by atoms with Crippen LogP contribution in [0.3, 0.4) is 0 Å². The maximum atomic E-state index is 12.0. The Morgan fingerprint density at radius 3 is 3.10 bits per heavy atom. The van der Waals surface area contributed by atoms with Crippen molar-refractivity contribution in [3.05, 3.63) is 46.2 Å². The van der Waals surface area contributed by atoms with Crippen molar-refractivity contribution in [2.24, 2.45) is 0 Å². The quantitative estimate of drug-likeness (QED) is 0.897. The molecule has 106 valence electrons. The summed E-state index contributed by atoms with van der Waals surface area (Å²) in [6.45, 7) is 3.54. The highest BCUT2D eigenvalue weighted by atomic mass is 16.5. The summed E-state index contributed by atoms with van der Waals surface area (Å²) in [5, 5.41) is 4.46. The van der Waals surface area contributed by atoms with Crippen molar-refractivity contribution in [1.82, 2.24) is 10.3 Å². The molecule has 0 amide bonds. The van der Waals surface area contributed by atoms with Gasteiger partial charge in [0.2, 0.25) is 0 Å². The van der Waals surface area contributed by atoms with E-state index in [1.165, 1.54) is 0 Å². The summed E-state index contributed by atoms with van der Waals surface area (Å²) in [6.07, 6.45) is 2.50. The number of hydrogen-bond donors (Lipinski definition) is 2. The fourth-order valence-corrected chi connectivity index (χ4v) is 2.72. The normalized spacial score (nSPS) is 20.4. The van der Waals surface area contributed by atoms with Gasteiger partial charge in [-0.15, -0.1) is 0 Å². The average molecular weight is 272 g/mol. The lowest BCUT2D eigenvalue weighted by Gasteiger charge is -2.19. The first-order valence-corrected chi connectivity index (χ1v) is 7.20. The highest BCUT2D eigenvalue weighted by molar-refractivity contribution is 5.78. The summed E-state index contributed by atoms with van der Waals surface area (Å²) < 4.78 is 5.66. The third-order valence-electron chi connectivity index (χ3n) is 3.97. The third kappa shape index (κ3) is 2.76. The van der Waals surface area contributed by atoms with Gasteiger partial charge in [0.15, 0.2) is 0 Å². The van der Waals surface area contributed by atoms with E-state index in [2.05, 4.69) is 17.2 Å². The molecule has 2 atom stereocenters. The molecule has 1 fully saturated rings. The van der Waals surface area contributed by atoms with Crippen LogP contribution in [-0.2, 0) is 11.3 Å². The number of pyridine rings is 1. The number of para-hydroxylation sites is 1. The zero-order chi connectivity index (χ0) is 13.9. The van der Waals surface area contributed by atoms with E-state index in [0.29, 0.717) is 6.54 Å². The van der Waals surface area contributed by atoms with Crippen molar-refractivity contribution in [2.45, 2.75) is 38.5 Å². The van der Waals surface area contributed by atoms with E-state index >= 15 is 0 Å². The molecular formula is C16H20N2O2. The van der Waals surface area contributed by atoms with Gasteiger partial charge in [-0.2, -0.15) is 0 Å². The molecule has 2 aromatic rings. The second kappa shape index (κ2) is 5.77. The van der Waals surface area contributed by atoms with Crippen LogP contribution in [0.25, 0.3) is 10.9 Å². The van der Waals surface area contributed by atoms with Crippen molar-refractivity contribution < 1.29 is 4.74 Å². The zero-order valence-corrected chi connectivity index (χ0v) is 11.7. The molecule has 1 saturated heterocycles. The zero-order valence-electron chi connectivity index (χ0n) is 11.7. The first-order chi connectivity index (χ1) is 9.74. The van der Waals surface area contributed by atoms with Gasteiger partial charge in [0.05, 0.1) is 6.10 Å². The van der Waals surface area contributed by atoms with Crippen LogP contribution in [0.15, 0.2) is 35.1 Å². The number of benzene rings is 1. The van der Waals surface area contributed by atoms with Crippen LogP contribution >= 0.6 is 0 Å². The first-order valence-electron chi connectivity index (χ1n) is 7.20. The van der Waals surface area contributed by atoms with Crippen LogP contribution in [0.4, 0.5) is 0 Å². The number of H-pyrrole nitrogens is 1. The number of fused-ring (bicyclic) bond motifs is 1. The number of aromatic amines is 1. The van der Waals surface area contributed by atoms with Gasteiger partial charge < -0.3 is 15.0 Å². The number of hydrogen-bond acceptors (Lipinski definition) is 3. The average Bonchev–Trinajstić information content (AvgIpc) is 2.99. The number of rotatable bonds is 4. The lowest BCUT2D eigenvalue weighted by Crippen LogP contribution is -2.37. The molecular weight excluding hydrogens is 252 g/mol. The predicted octanol–water partition coefficient (Wildman–Crippen LogP) is 2.19. The van der Waals surface area contributed by atoms with E-state index in [4.69, 9.17) is 4.74 Å². The SMILES string of the molecule is C[C@@H](NCc1cc2ccccc2[nH]c1=O)[C@H]1CCCO1.